The Hall–Kier alpha value is -0.550. The van der Waals surface area contributed by atoms with Gasteiger partial charge < -0.3 is 0 Å². The quantitative estimate of drug-likeness (QED) is 0.477. The van der Waals surface area contributed by atoms with Crippen LogP contribution in [-0.4, -0.2) is 5.94 Å². The Labute approximate surface area is 44.0 Å². The van der Waals surface area contributed by atoms with Gasteiger partial charge in [-0.1, -0.05) is 13.8 Å². The third-order valence-corrected chi connectivity index (χ3v) is 0.673. The summed E-state index contributed by atoms with van der Waals surface area (Å²) < 4.78 is 0. The molecule has 0 saturated heterocycles. The largest absolute Gasteiger partial charge is 0.234 e. The molecule has 0 aliphatic rings. The second-order valence-corrected chi connectivity index (χ2v) is 1.95. The van der Waals surface area contributed by atoms with Gasteiger partial charge in [0.2, 0.25) is 0 Å². The molecule has 1 heteroatoms. The first-order chi connectivity index (χ1) is 3.27. The highest BCUT2D eigenvalue weighted by molar-refractivity contribution is 5.44. The molecule has 0 radical (unpaired) electrons. The summed E-state index contributed by atoms with van der Waals surface area (Å²) in [6.07, 6.45) is 2.37. The van der Waals surface area contributed by atoms with Gasteiger partial charge in [-0.3, -0.25) is 0 Å². The minimum absolute atomic E-state index is 0.585. The van der Waals surface area contributed by atoms with Crippen molar-refractivity contribution >= 4 is 5.94 Å². The van der Waals surface area contributed by atoms with Crippen molar-refractivity contribution in [3.05, 3.63) is 6.08 Å². The third-order valence-electron chi connectivity index (χ3n) is 0.673. The SMILES string of the molecule is CC(C)CC=C=O. The van der Waals surface area contributed by atoms with Gasteiger partial charge in [0.25, 0.3) is 0 Å². The Balaban J connectivity index is 3.13. The Morgan fingerprint density at radius 3 is 2.43 bits per heavy atom. The van der Waals surface area contributed by atoms with Crippen molar-refractivity contribution in [2.75, 3.05) is 0 Å². The highest BCUT2D eigenvalue weighted by Gasteiger charge is 1.84. The molecule has 0 aromatic rings. The van der Waals surface area contributed by atoms with E-state index in [1.54, 1.807) is 5.94 Å². The van der Waals surface area contributed by atoms with E-state index in [4.69, 9.17) is 0 Å². The number of hydrogen-bond donors (Lipinski definition) is 0. The second kappa shape index (κ2) is 3.63. The topological polar surface area (TPSA) is 17.1 Å². The smallest absolute Gasteiger partial charge is 0.120 e. The maximum atomic E-state index is 9.53. The molecule has 0 aliphatic heterocycles. The molecule has 7 heavy (non-hydrogen) atoms. The molecular formula is C6H10O. The van der Waals surface area contributed by atoms with E-state index >= 15 is 0 Å². The van der Waals surface area contributed by atoms with Gasteiger partial charge in [0.05, 0.1) is 0 Å². The van der Waals surface area contributed by atoms with Crippen LogP contribution in [0.25, 0.3) is 0 Å². The molecule has 0 bridgehead atoms. The predicted octanol–water partition coefficient (Wildman–Crippen LogP) is 1.42. The van der Waals surface area contributed by atoms with E-state index < -0.39 is 0 Å². The van der Waals surface area contributed by atoms with Crippen molar-refractivity contribution in [3.8, 4) is 0 Å². The lowest BCUT2D eigenvalue weighted by Gasteiger charge is -1.91. The Bertz CT molecular complexity index is 78.2. The van der Waals surface area contributed by atoms with E-state index in [1.807, 2.05) is 0 Å². The van der Waals surface area contributed by atoms with Crippen LogP contribution in [0.3, 0.4) is 0 Å². The molecule has 0 saturated carbocycles. The van der Waals surface area contributed by atoms with Crippen LogP contribution >= 0.6 is 0 Å². The fraction of sp³-hybridized carbons (Fsp3) is 0.667. The highest BCUT2D eigenvalue weighted by Crippen LogP contribution is 1.96. The van der Waals surface area contributed by atoms with Gasteiger partial charge in [0.1, 0.15) is 5.94 Å². The zero-order chi connectivity index (χ0) is 5.70. The number of hydrogen-bond acceptors (Lipinski definition) is 1. The van der Waals surface area contributed by atoms with Gasteiger partial charge in [-0.2, -0.15) is 0 Å². The van der Waals surface area contributed by atoms with Crippen LogP contribution < -0.4 is 0 Å². The van der Waals surface area contributed by atoms with Crippen molar-refractivity contribution in [2.45, 2.75) is 20.3 Å². The zero-order valence-corrected chi connectivity index (χ0v) is 4.77. The van der Waals surface area contributed by atoms with Gasteiger partial charge in [0.15, 0.2) is 0 Å². The average Bonchev–Trinajstić information content (AvgIpc) is 1.61. The van der Waals surface area contributed by atoms with Gasteiger partial charge in [-0.25, -0.2) is 4.79 Å². The molecule has 0 spiro atoms. The normalized spacial score (nSPS) is 8.43. The molecule has 0 atom stereocenters. The monoisotopic (exact) mass is 98.1 g/mol. The van der Waals surface area contributed by atoms with Crippen LogP contribution in [0, 0.1) is 5.92 Å². The summed E-state index contributed by atoms with van der Waals surface area (Å²) in [5, 5.41) is 0. The minimum Gasteiger partial charge on any atom is -0.234 e. The van der Waals surface area contributed by atoms with Gasteiger partial charge in [-0.15, -0.1) is 0 Å². The molecule has 0 fully saturated rings. The summed E-state index contributed by atoms with van der Waals surface area (Å²) in [4.78, 5) is 9.53. The van der Waals surface area contributed by atoms with Crippen LogP contribution in [0.4, 0.5) is 0 Å². The van der Waals surface area contributed by atoms with Crippen molar-refractivity contribution in [3.63, 3.8) is 0 Å². The molecule has 0 amide bonds. The van der Waals surface area contributed by atoms with Crippen LogP contribution in [0.1, 0.15) is 20.3 Å². The fourth-order valence-electron chi connectivity index (χ4n) is 0.284. The number of rotatable bonds is 2. The van der Waals surface area contributed by atoms with Crippen molar-refractivity contribution < 1.29 is 4.79 Å². The van der Waals surface area contributed by atoms with Crippen molar-refractivity contribution in [2.24, 2.45) is 5.92 Å². The first kappa shape index (κ1) is 6.45. The molecule has 1 nitrogen and oxygen atoms in total. The summed E-state index contributed by atoms with van der Waals surface area (Å²) in [5.74, 6) is 2.31. The van der Waals surface area contributed by atoms with E-state index in [0.29, 0.717) is 5.92 Å². The third kappa shape index (κ3) is 5.45. The molecule has 0 unspecified atom stereocenters. The molecule has 40 valence electrons. The first-order valence-electron chi connectivity index (χ1n) is 2.46. The van der Waals surface area contributed by atoms with Crippen LogP contribution in [0.15, 0.2) is 6.08 Å². The summed E-state index contributed by atoms with van der Waals surface area (Å²) in [6, 6.07) is 0. The van der Waals surface area contributed by atoms with Crippen LogP contribution in [0.5, 0.6) is 0 Å². The minimum atomic E-state index is 0.585. The maximum Gasteiger partial charge on any atom is 0.120 e. The lowest BCUT2D eigenvalue weighted by Crippen LogP contribution is -1.80. The van der Waals surface area contributed by atoms with Gasteiger partial charge >= 0.3 is 0 Å². The molecule has 0 N–H and O–H groups in total. The Morgan fingerprint density at radius 2 is 2.29 bits per heavy atom. The summed E-state index contributed by atoms with van der Waals surface area (Å²) in [6.45, 7) is 4.13. The van der Waals surface area contributed by atoms with Crippen molar-refractivity contribution in [1.29, 1.82) is 0 Å². The van der Waals surface area contributed by atoms with Crippen molar-refractivity contribution in [1.82, 2.24) is 0 Å². The lowest BCUT2D eigenvalue weighted by atomic mass is 10.1. The highest BCUT2D eigenvalue weighted by atomic mass is 16.1. The van der Waals surface area contributed by atoms with E-state index in [-0.39, 0.29) is 0 Å². The van der Waals surface area contributed by atoms with Gasteiger partial charge in [-0.05, 0) is 12.3 Å². The number of allylic oxidation sites excluding steroid dienone is 1. The van der Waals surface area contributed by atoms with E-state index in [1.165, 1.54) is 6.08 Å². The molecule has 0 rings (SSSR count). The number of carbonyl (C=O) groups excluding carboxylic acids is 1. The van der Waals surface area contributed by atoms with E-state index in [9.17, 15) is 4.79 Å². The average molecular weight is 98.1 g/mol. The molecule has 0 aliphatic carbocycles. The summed E-state index contributed by atoms with van der Waals surface area (Å²) in [7, 11) is 0. The summed E-state index contributed by atoms with van der Waals surface area (Å²) in [5.41, 5.74) is 0. The first-order valence-corrected chi connectivity index (χ1v) is 2.46. The predicted molar refractivity (Wildman–Crippen MR) is 29.7 cm³/mol. The second-order valence-electron chi connectivity index (χ2n) is 1.95. The molecule has 0 aromatic heterocycles. The maximum absolute atomic E-state index is 9.53. The zero-order valence-electron chi connectivity index (χ0n) is 4.77. The molecule has 0 heterocycles. The molecular weight excluding hydrogens is 88.1 g/mol. The van der Waals surface area contributed by atoms with E-state index in [2.05, 4.69) is 13.8 Å². The van der Waals surface area contributed by atoms with Crippen LogP contribution in [-0.2, 0) is 4.79 Å². The lowest BCUT2D eigenvalue weighted by molar-refractivity contribution is 0.565. The standard InChI is InChI=1S/C6H10O/c1-6(2)4-3-5-7/h3,6H,4H2,1-2H3. The summed E-state index contributed by atoms with van der Waals surface area (Å²) >= 11 is 0. The van der Waals surface area contributed by atoms with Crippen LogP contribution in [0.2, 0.25) is 0 Å². The Kier molecular flexibility index (Phi) is 3.35. The van der Waals surface area contributed by atoms with E-state index in [0.717, 1.165) is 6.42 Å². The van der Waals surface area contributed by atoms with Gasteiger partial charge in [0, 0.05) is 6.08 Å². The molecule has 0 aromatic carbocycles. The fourth-order valence-corrected chi connectivity index (χ4v) is 0.284. The Morgan fingerprint density at radius 1 is 1.71 bits per heavy atom.